The minimum atomic E-state index is -0.676. The lowest BCUT2D eigenvalue weighted by Gasteiger charge is -2.42. The van der Waals surface area contributed by atoms with Gasteiger partial charge in [-0.05, 0) is 32.1 Å². The molecule has 4 heteroatoms. The predicted molar refractivity (Wildman–Crippen MR) is 67.8 cm³/mol. The molecule has 0 amide bonds. The van der Waals surface area contributed by atoms with Gasteiger partial charge in [0.05, 0.1) is 18.3 Å². The summed E-state index contributed by atoms with van der Waals surface area (Å²) in [6.07, 6.45) is 3.59. The van der Waals surface area contributed by atoms with E-state index >= 15 is 0 Å². The third-order valence-corrected chi connectivity index (χ3v) is 4.22. The lowest BCUT2D eigenvalue weighted by Crippen LogP contribution is -2.57. The van der Waals surface area contributed by atoms with Crippen LogP contribution in [-0.2, 0) is 4.74 Å². The third kappa shape index (κ3) is 2.99. The molecule has 2 fully saturated rings. The Morgan fingerprint density at radius 1 is 1.47 bits per heavy atom. The highest BCUT2D eigenvalue weighted by molar-refractivity contribution is 4.98. The molecule has 0 aromatic heterocycles. The number of hydrogen-bond donors (Lipinski definition) is 2. The quantitative estimate of drug-likeness (QED) is 0.740. The largest absolute Gasteiger partial charge is 0.387 e. The summed E-state index contributed by atoms with van der Waals surface area (Å²) in [5.41, 5.74) is 5.10. The van der Waals surface area contributed by atoms with Crippen LogP contribution in [0, 0.1) is 5.92 Å². The van der Waals surface area contributed by atoms with Gasteiger partial charge in [0.1, 0.15) is 0 Å². The minimum absolute atomic E-state index is 0.263. The Bertz CT molecular complexity index is 258. The fourth-order valence-corrected chi connectivity index (χ4v) is 2.82. The summed E-state index contributed by atoms with van der Waals surface area (Å²) in [6.45, 7) is 7.05. The first-order valence-electron chi connectivity index (χ1n) is 6.87. The van der Waals surface area contributed by atoms with Crippen LogP contribution < -0.4 is 5.73 Å². The number of β-amino-alcohol motifs (C(OH)–C–C–N with tert-alkyl or cyclic N) is 1. The third-order valence-electron chi connectivity index (χ3n) is 4.22. The van der Waals surface area contributed by atoms with E-state index < -0.39 is 5.60 Å². The first-order valence-corrected chi connectivity index (χ1v) is 6.87. The molecule has 4 nitrogen and oxygen atoms in total. The van der Waals surface area contributed by atoms with Crippen LogP contribution in [0.15, 0.2) is 0 Å². The molecule has 0 bridgehead atoms. The van der Waals surface area contributed by atoms with E-state index in [1.165, 1.54) is 0 Å². The molecule has 0 spiro atoms. The summed E-state index contributed by atoms with van der Waals surface area (Å²) < 4.78 is 5.68. The van der Waals surface area contributed by atoms with Crippen LogP contribution >= 0.6 is 0 Å². The van der Waals surface area contributed by atoms with Crippen molar-refractivity contribution in [2.24, 2.45) is 11.7 Å². The molecule has 0 aromatic carbocycles. The monoisotopic (exact) mass is 242 g/mol. The van der Waals surface area contributed by atoms with Gasteiger partial charge in [-0.1, -0.05) is 6.92 Å². The lowest BCUT2D eigenvalue weighted by molar-refractivity contribution is -0.0919. The molecule has 3 atom stereocenters. The molecule has 2 aliphatic rings. The van der Waals surface area contributed by atoms with Crippen molar-refractivity contribution in [2.75, 3.05) is 26.2 Å². The van der Waals surface area contributed by atoms with Crippen LogP contribution in [-0.4, -0.2) is 54.0 Å². The Morgan fingerprint density at radius 3 is 2.71 bits per heavy atom. The summed E-state index contributed by atoms with van der Waals surface area (Å²) in [6, 6.07) is 0.433. The van der Waals surface area contributed by atoms with Crippen LogP contribution in [0.5, 0.6) is 0 Å². The molecule has 3 unspecified atom stereocenters. The smallest absolute Gasteiger partial charge is 0.0923 e. The van der Waals surface area contributed by atoms with Gasteiger partial charge in [0.25, 0.3) is 0 Å². The normalized spacial score (nSPS) is 34.6. The summed E-state index contributed by atoms with van der Waals surface area (Å²) in [4.78, 5) is 2.37. The number of aliphatic hydroxyl groups is 1. The topological polar surface area (TPSA) is 58.7 Å². The summed E-state index contributed by atoms with van der Waals surface area (Å²) in [7, 11) is 0. The maximum atomic E-state index is 10.6. The Balaban J connectivity index is 1.98. The Kier molecular flexibility index (Phi) is 4.08. The Hall–Kier alpha value is -0.160. The maximum absolute atomic E-state index is 10.6. The molecule has 0 radical (unpaired) electrons. The van der Waals surface area contributed by atoms with E-state index in [4.69, 9.17) is 10.5 Å². The van der Waals surface area contributed by atoms with Crippen LogP contribution in [0.1, 0.15) is 33.1 Å². The van der Waals surface area contributed by atoms with Gasteiger partial charge in [-0.3, -0.25) is 4.90 Å². The number of ether oxygens (including phenoxy) is 1. The van der Waals surface area contributed by atoms with E-state index in [1.807, 2.05) is 0 Å². The summed E-state index contributed by atoms with van der Waals surface area (Å²) in [5, 5.41) is 10.6. The van der Waals surface area contributed by atoms with Gasteiger partial charge in [0, 0.05) is 25.7 Å². The highest BCUT2D eigenvalue weighted by Gasteiger charge is 2.45. The number of rotatable bonds is 5. The molecule has 100 valence electrons. The number of nitrogens with zero attached hydrogens (tertiary/aromatic N) is 1. The minimum Gasteiger partial charge on any atom is -0.387 e. The van der Waals surface area contributed by atoms with E-state index in [2.05, 4.69) is 18.7 Å². The molecule has 1 saturated heterocycles. The maximum Gasteiger partial charge on any atom is 0.0923 e. The lowest BCUT2D eigenvalue weighted by atomic mass is 9.95. The molecule has 3 N–H and O–H groups in total. The molecule has 1 aliphatic carbocycles. The Morgan fingerprint density at radius 2 is 2.18 bits per heavy atom. The van der Waals surface area contributed by atoms with Crippen LogP contribution in [0.4, 0.5) is 0 Å². The van der Waals surface area contributed by atoms with Gasteiger partial charge >= 0.3 is 0 Å². The SMILES string of the molecule is CCC1COC(C)CN1CC(O)(CN)C1CC1. The van der Waals surface area contributed by atoms with Crippen molar-refractivity contribution in [3.8, 4) is 0 Å². The van der Waals surface area contributed by atoms with E-state index in [-0.39, 0.29) is 6.10 Å². The van der Waals surface area contributed by atoms with Crippen molar-refractivity contribution in [3.63, 3.8) is 0 Å². The van der Waals surface area contributed by atoms with Gasteiger partial charge in [-0.15, -0.1) is 0 Å². The number of nitrogens with two attached hydrogens (primary N) is 1. The highest BCUT2D eigenvalue weighted by Crippen LogP contribution is 2.40. The van der Waals surface area contributed by atoms with Gasteiger partial charge in [0.2, 0.25) is 0 Å². The van der Waals surface area contributed by atoms with Gasteiger partial charge in [0.15, 0.2) is 0 Å². The van der Waals surface area contributed by atoms with Crippen molar-refractivity contribution >= 4 is 0 Å². The fraction of sp³-hybridized carbons (Fsp3) is 1.00. The summed E-state index contributed by atoms with van der Waals surface area (Å²) >= 11 is 0. The zero-order chi connectivity index (χ0) is 12.5. The van der Waals surface area contributed by atoms with Gasteiger partial charge in [-0.2, -0.15) is 0 Å². The molecule has 1 saturated carbocycles. The van der Waals surface area contributed by atoms with Gasteiger partial charge < -0.3 is 15.6 Å². The molecular formula is C13H26N2O2. The molecule has 1 heterocycles. The summed E-state index contributed by atoms with van der Waals surface area (Å²) in [5.74, 6) is 0.420. The average molecular weight is 242 g/mol. The van der Waals surface area contributed by atoms with Crippen molar-refractivity contribution < 1.29 is 9.84 Å². The average Bonchev–Trinajstić information content (AvgIpc) is 3.13. The van der Waals surface area contributed by atoms with Crippen LogP contribution in [0.25, 0.3) is 0 Å². The zero-order valence-corrected chi connectivity index (χ0v) is 11.1. The van der Waals surface area contributed by atoms with E-state index in [1.54, 1.807) is 0 Å². The molecule has 2 rings (SSSR count). The molecule has 17 heavy (non-hydrogen) atoms. The van der Waals surface area contributed by atoms with Crippen molar-refractivity contribution in [1.29, 1.82) is 0 Å². The first-order chi connectivity index (χ1) is 8.09. The van der Waals surface area contributed by atoms with Crippen molar-refractivity contribution in [3.05, 3.63) is 0 Å². The van der Waals surface area contributed by atoms with E-state index in [0.717, 1.165) is 32.4 Å². The first kappa shape index (κ1) is 13.3. The molecular weight excluding hydrogens is 216 g/mol. The fourth-order valence-electron chi connectivity index (χ4n) is 2.82. The van der Waals surface area contributed by atoms with Crippen molar-refractivity contribution in [1.82, 2.24) is 4.90 Å². The molecule has 0 aromatic rings. The second-order valence-corrected chi connectivity index (χ2v) is 5.72. The highest BCUT2D eigenvalue weighted by atomic mass is 16.5. The van der Waals surface area contributed by atoms with Crippen molar-refractivity contribution in [2.45, 2.75) is 50.9 Å². The van der Waals surface area contributed by atoms with Crippen LogP contribution in [0.2, 0.25) is 0 Å². The van der Waals surface area contributed by atoms with Gasteiger partial charge in [-0.25, -0.2) is 0 Å². The second kappa shape index (κ2) is 5.22. The van der Waals surface area contributed by atoms with Crippen LogP contribution in [0.3, 0.4) is 0 Å². The second-order valence-electron chi connectivity index (χ2n) is 5.72. The van der Waals surface area contributed by atoms with E-state index in [9.17, 15) is 5.11 Å². The number of hydrogen-bond acceptors (Lipinski definition) is 4. The molecule has 1 aliphatic heterocycles. The Labute approximate surface area is 104 Å². The zero-order valence-electron chi connectivity index (χ0n) is 11.1. The number of morpholine rings is 1. The standard InChI is InChI=1S/C13H26N2O2/c1-3-12-7-17-10(2)6-15(12)9-13(16,8-14)11-4-5-11/h10-12,16H,3-9,14H2,1-2H3. The van der Waals surface area contributed by atoms with E-state index in [0.29, 0.717) is 25.0 Å². The predicted octanol–water partition coefficient (Wildman–Crippen LogP) is 0.586.